The van der Waals surface area contributed by atoms with Gasteiger partial charge in [0.15, 0.2) is 11.1 Å². The number of halogens is 2. The molecule has 1 heterocycles. The molecule has 1 aliphatic rings. The van der Waals surface area contributed by atoms with Crippen LogP contribution in [0, 0.1) is 6.92 Å². The second kappa shape index (κ2) is 10.9. The maximum atomic E-state index is 14.7. The Balaban J connectivity index is 1.82. The summed E-state index contributed by atoms with van der Waals surface area (Å²) in [6.45, 7) is 3.12. The molecule has 0 aliphatic carbocycles. The van der Waals surface area contributed by atoms with Crippen molar-refractivity contribution < 1.29 is 31.5 Å². The molecule has 1 N–H and O–H groups in total. The Bertz CT molecular complexity index is 1120. The number of allylic oxidation sites excluding steroid dienone is 1. The van der Waals surface area contributed by atoms with Crippen molar-refractivity contribution in [1.29, 1.82) is 0 Å². The maximum Gasteiger partial charge on any atom is 0.414 e. The van der Waals surface area contributed by atoms with Crippen LogP contribution in [0.4, 0.5) is 19.3 Å². The summed E-state index contributed by atoms with van der Waals surface area (Å²) < 4.78 is 50.7. The highest BCUT2D eigenvalue weighted by molar-refractivity contribution is 7.79. The summed E-state index contributed by atoms with van der Waals surface area (Å²) in [4.78, 5) is 24.2. The Kier molecular flexibility index (Phi) is 8.16. The highest BCUT2D eigenvalue weighted by Gasteiger charge is 2.34. The van der Waals surface area contributed by atoms with E-state index in [1.54, 1.807) is 37.3 Å². The summed E-state index contributed by atoms with van der Waals surface area (Å²) >= 11 is -1.45. The average molecular weight is 493 g/mol. The van der Waals surface area contributed by atoms with Gasteiger partial charge in [0.25, 0.3) is 5.92 Å². The topological polar surface area (TPSA) is 84.9 Å². The van der Waals surface area contributed by atoms with Gasteiger partial charge < -0.3 is 10.1 Å². The lowest BCUT2D eigenvalue weighted by Crippen LogP contribution is -2.30. The number of anilines is 1. The molecule has 34 heavy (non-hydrogen) atoms. The molecule has 2 aromatic carbocycles. The van der Waals surface area contributed by atoms with Crippen LogP contribution in [0.3, 0.4) is 0 Å². The van der Waals surface area contributed by atoms with Crippen LogP contribution in [0.1, 0.15) is 29.2 Å². The van der Waals surface area contributed by atoms with Gasteiger partial charge in [-0.05, 0) is 48.2 Å². The van der Waals surface area contributed by atoms with Gasteiger partial charge in [-0.1, -0.05) is 36.4 Å². The lowest BCUT2D eigenvalue weighted by Gasteiger charge is -2.20. The summed E-state index contributed by atoms with van der Waals surface area (Å²) in [7, 11) is 0. The van der Waals surface area contributed by atoms with E-state index < -0.39 is 35.7 Å². The quantitative estimate of drug-likeness (QED) is 0.400. The van der Waals surface area contributed by atoms with Crippen LogP contribution in [-0.2, 0) is 30.7 Å². The van der Waals surface area contributed by atoms with E-state index in [-0.39, 0.29) is 25.1 Å². The van der Waals surface area contributed by atoms with Gasteiger partial charge in [-0.2, -0.15) is 8.78 Å². The fraction of sp³-hybridized carbons (Fsp3) is 0.333. The van der Waals surface area contributed by atoms with Crippen molar-refractivity contribution >= 4 is 40.9 Å². The highest BCUT2D eigenvalue weighted by Crippen LogP contribution is 2.34. The monoisotopic (exact) mass is 492 g/mol. The third-order valence-corrected chi connectivity index (χ3v) is 5.85. The van der Waals surface area contributed by atoms with Gasteiger partial charge in [-0.25, -0.2) is 9.00 Å². The van der Waals surface area contributed by atoms with Gasteiger partial charge in [-0.15, -0.1) is 0 Å². The van der Waals surface area contributed by atoms with E-state index in [4.69, 9.17) is 8.92 Å². The Hall–Kier alpha value is -3.11. The predicted molar refractivity (Wildman–Crippen MR) is 127 cm³/mol. The van der Waals surface area contributed by atoms with Crippen LogP contribution in [0.5, 0.6) is 0 Å². The smallest absolute Gasteiger partial charge is 0.414 e. The molecule has 3 rings (SSSR count). The van der Waals surface area contributed by atoms with E-state index in [2.05, 4.69) is 0 Å². The lowest BCUT2D eigenvalue weighted by molar-refractivity contribution is -0.111. The largest absolute Gasteiger partial charge is 0.441 e. The molecule has 2 amide bonds. The zero-order valence-electron chi connectivity index (χ0n) is 19.0. The Morgan fingerprint density at radius 2 is 2.06 bits per heavy atom. The molecule has 1 fully saturated rings. The van der Waals surface area contributed by atoms with Gasteiger partial charge in [0, 0.05) is 17.5 Å². The predicted octanol–water partition coefficient (Wildman–Crippen LogP) is 4.03. The number of carbonyl (C=O) groups is 2. The van der Waals surface area contributed by atoms with Crippen LogP contribution in [0.2, 0.25) is 0 Å². The zero-order chi connectivity index (χ0) is 24.9. The molecular formula is C24H26F2N2O5S. The van der Waals surface area contributed by atoms with Crippen molar-refractivity contribution in [2.75, 3.05) is 30.9 Å². The molecule has 7 nitrogen and oxygen atoms in total. The average Bonchev–Trinajstić information content (AvgIpc) is 3.18. The summed E-state index contributed by atoms with van der Waals surface area (Å²) in [5.74, 6) is -3.23. The first-order valence-electron chi connectivity index (χ1n) is 10.5. The third kappa shape index (κ3) is 6.06. The first kappa shape index (κ1) is 25.5. The molecule has 0 spiro atoms. The van der Waals surface area contributed by atoms with Crippen LogP contribution >= 0.6 is 0 Å². The molecule has 182 valence electrons. The number of alkyl halides is 2. The first-order valence-corrected chi connectivity index (χ1v) is 12.0. The number of aryl methyl sites for hydroxylation is 1. The molecular weight excluding hydrogens is 466 g/mol. The number of carbonyl (C=O) groups excluding carboxylic acids is 2. The molecule has 2 aromatic rings. The first-order chi connectivity index (χ1) is 16.1. The Morgan fingerprint density at radius 1 is 1.32 bits per heavy atom. The molecule has 0 aromatic heterocycles. The normalized spacial score (nSPS) is 17.4. The zero-order valence-corrected chi connectivity index (χ0v) is 19.9. The molecule has 1 saturated heterocycles. The lowest BCUT2D eigenvalue weighted by atomic mass is 9.94. The fourth-order valence-electron chi connectivity index (χ4n) is 3.70. The summed E-state index contributed by atoms with van der Waals surface area (Å²) in [5.41, 5.74) is 3.10. The van der Waals surface area contributed by atoms with Crippen molar-refractivity contribution in [1.82, 2.24) is 5.32 Å². The van der Waals surface area contributed by atoms with Gasteiger partial charge in [-0.3, -0.25) is 13.9 Å². The van der Waals surface area contributed by atoms with Crippen molar-refractivity contribution in [3.63, 3.8) is 0 Å². The van der Waals surface area contributed by atoms with E-state index in [0.29, 0.717) is 16.8 Å². The molecule has 10 heteroatoms. The Morgan fingerprint density at radius 3 is 2.74 bits per heavy atom. The Labute approximate surface area is 199 Å². The second-order valence-electron chi connectivity index (χ2n) is 7.92. The minimum atomic E-state index is -3.23. The second-order valence-corrected chi connectivity index (χ2v) is 8.96. The number of nitrogens with zero attached hydrogens (tertiary/aromatic N) is 1. The van der Waals surface area contributed by atoms with Crippen molar-refractivity contribution in [3.05, 3.63) is 64.7 Å². The summed E-state index contributed by atoms with van der Waals surface area (Å²) in [5, 5.41) is 2.05. The molecule has 0 radical (unpaired) electrons. The molecule has 2 atom stereocenters. The maximum absolute atomic E-state index is 14.7. The van der Waals surface area contributed by atoms with Crippen LogP contribution in [0.25, 0.3) is 11.6 Å². The fourth-order valence-corrected chi connectivity index (χ4v) is 4.05. The van der Waals surface area contributed by atoms with Crippen molar-refractivity contribution in [2.24, 2.45) is 0 Å². The van der Waals surface area contributed by atoms with Gasteiger partial charge >= 0.3 is 6.09 Å². The van der Waals surface area contributed by atoms with E-state index in [1.165, 1.54) is 23.3 Å². The molecule has 2 unspecified atom stereocenters. The van der Waals surface area contributed by atoms with E-state index >= 15 is 0 Å². The van der Waals surface area contributed by atoms with E-state index in [0.717, 1.165) is 11.1 Å². The third-order valence-electron chi connectivity index (χ3n) is 5.38. The number of nitrogens with one attached hydrogen (secondary N) is 1. The number of ether oxygens (including phenoxy) is 1. The van der Waals surface area contributed by atoms with Crippen LogP contribution < -0.4 is 10.2 Å². The number of hydrogen-bond acceptors (Lipinski definition) is 5. The number of hydrogen-bond donors (Lipinski definition) is 1. The molecule has 1 aliphatic heterocycles. The van der Waals surface area contributed by atoms with E-state index in [9.17, 15) is 22.6 Å². The van der Waals surface area contributed by atoms with Gasteiger partial charge in [0.2, 0.25) is 6.41 Å². The number of cyclic esters (lactones) is 1. The molecule has 0 bridgehead atoms. The van der Waals surface area contributed by atoms with Gasteiger partial charge in [0.05, 0.1) is 13.1 Å². The molecule has 0 saturated carbocycles. The van der Waals surface area contributed by atoms with Crippen molar-refractivity contribution in [2.45, 2.75) is 25.9 Å². The SMILES string of the molecule is C/C(=C\c1ccc(N2CC(COS(C)=O)OC2=O)cc1C)c1ccccc1C(F)(F)CNC=O. The van der Waals surface area contributed by atoms with E-state index in [1.807, 2.05) is 18.3 Å². The van der Waals surface area contributed by atoms with Gasteiger partial charge in [0.1, 0.15) is 12.7 Å². The minimum Gasteiger partial charge on any atom is -0.441 e. The number of amides is 2. The summed E-state index contributed by atoms with van der Waals surface area (Å²) in [6.07, 6.45) is 2.41. The highest BCUT2D eigenvalue weighted by atomic mass is 32.2. The summed E-state index contributed by atoms with van der Waals surface area (Å²) in [6, 6.07) is 11.6. The number of rotatable bonds is 10. The van der Waals surface area contributed by atoms with Crippen molar-refractivity contribution in [3.8, 4) is 0 Å². The number of benzene rings is 2. The van der Waals surface area contributed by atoms with Crippen LogP contribution in [0.15, 0.2) is 42.5 Å². The van der Waals surface area contributed by atoms with Crippen LogP contribution in [-0.4, -0.2) is 48.8 Å². The standard InChI is InChI=1S/C24H26F2N2O5S/c1-16-11-19(28-12-20(33-23(28)30)13-32-34(3)31)9-8-18(16)10-17(2)21-6-4-5-7-22(21)24(25,26)14-27-15-29/h4-11,15,20H,12-14H2,1-3H3,(H,27,29)/b17-10+. The minimum absolute atomic E-state index is 0.0385.